The molecule has 7 heteroatoms. The van der Waals surface area contributed by atoms with Crippen LogP contribution >= 0.6 is 11.3 Å². The Morgan fingerprint density at radius 1 is 1.19 bits per heavy atom. The molecule has 2 aliphatic rings. The van der Waals surface area contributed by atoms with Crippen LogP contribution in [0.15, 0.2) is 11.4 Å². The van der Waals surface area contributed by atoms with Gasteiger partial charge in [-0.25, -0.2) is 4.79 Å². The summed E-state index contributed by atoms with van der Waals surface area (Å²) in [4.78, 5) is 41.8. The molecule has 1 saturated heterocycles. The minimum atomic E-state index is -0.522. The van der Waals surface area contributed by atoms with Crippen LogP contribution in [-0.2, 0) is 16.0 Å². The molecule has 0 aromatic carbocycles. The third-order valence-electron chi connectivity index (χ3n) is 4.81. The van der Waals surface area contributed by atoms with Gasteiger partial charge in [0, 0.05) is 49.0 Å². The molecule has 3 rings (SSSR count). The molecule has 0 radical (unpaired) electrons. The number of piperazine rings is 1. The maximum atomic E-state index is 12.6. The minimum absolute atomic E-state index is 0.00543. The van der Waals surface area contributed by atoms with E-state index in [0.717, 1.165) is 23.3 Å². The van der Waals surface area contributed by atoms with E-state index in [1.54, 1.807) is 21.1 Å². The Morgan fingerprint density at radius 2 is 1.85 bits per heavy atom. The normalized spacial score (nSPS) is 20.7. The standard InChI is InChI=1S/C19H26N2O4S/c1-19(2,3)25-18(24)21-9-7-20(8-10-21)16(22)12-13-4-5-15-14(17(13)23)6-11-26-15/h6,11,13H,4-5,7-10,12H2,1-3H3. The van der Waals surface area contributed by atoms with E-state index in [2.05, 4.69) is 0 Å². The van der Waals surface area contributed by atoms with Gasteiger partial charge in [0.25, 0.3) is 0 Å². The Labute approximate surface area is 158 Å². The third-order valence-corrected chi connectivity index (χ3v) is 5.79. The molecule has 0 spiro atoms. The molecule has 2 amide bonds. The summed E-state index contributed by atoms with van der Waals surface area (Å²) in [5.41, 5.74) is 0.278. The monoisotopic (exact) mass is 378 g/mol. The van der Waals surface area contributed by atoms with Crippen molar-refractivity contribution in [1.82, 2.24) is 9.80 Å². The number of thiophene rings is 1. The maximum absolute atomic E-state index is 12.6. The first-order valence-electron chi connectivity index (χ1n) is 9.11. The molecule has 1 atom stereocenters. The van der Waals surface area contributed by atoms with Gasteiger partial charge in [0.15, 0.2) is 5.78 Å². The van der Waals surface area contributed by atoms with Crippen LogP contribution in [0.5, 0.6) is 0 Å². The fourth-order valence-electron chi connectivity index (χ4n) is 3.41. The van der Waals surface area contributed by atoms with E-state index in [4.69, 9.17) is 4.74 Å². The van der Waals surface area contributed by atoms with Crippen molar-refractivity contribution in [2.45, 2.75) is 45.6 Å². The Hall–Kier alpha value is -1.89. The lowest BCUT2D eigenvalue weighted by Crippen LogP contribution is -2.52. The van der Waals surface area contributed by atoms with E-state index < -0.39 is 5.60 Å². The second-order valence-corrected chi connectivity index (χ2v) is 8.91. The van der Waals surface area contributed by atoms with Gasteiger partial charge < -0.3 is 14.5 Å². The van der Waals surface area contributed by atoms with E-state index in [1.165, 1.54) is 0 Å². The van der Waals surface area contributed by atoms with Gasteiger partial charge >= 0.3 is 6.09 Å². The summed E-state index contributed by atoms with van der Waals surface area (Å²) >= 11 is 1.62. The molecule has 1 aromatic rings. The van der Waals surface area contributed by atoms with Gasteiger partial charge in [-0.15, -0.1) is 11.3 Å². The number of ketones is 1. The Balaban J connectivity index is 1.50. The van der Waals surface area contributed by atoms with Gasteiger partial charge in [-0.2, -0.15) is 0 Å². The number of aryl methyl sites for hydroxylation is 1. The summed E-state index contributed by atoms with van der Waals surface area (Å²) in [5, 5.41) is 1.95. The number of carbonyl (C=O) groups excluding carboxylic acids is 3. The number of hydrogen-bond donors (Lipinski definition) is 0. The molecule has 1 unspecified atom stereocenters. The molecule has 0 N–H and O–H groups in total. The number of amides is 2. The van der Waals surface area contributed by atoms with Crippen LogP contribution in [0.1, 0.15) is 48.8 Å². The summed E-state index contributed by atoms with van der Waals surface area (Å²) < 4.78 is 5.37. The molecule has 26 heavy (non-hydrogen) atoms. The van der Waals surface area contributed by atoms with Crippen LogP contribution in [0, 0.1) is 5.92 Å². The highest BCUT2D eigenvalue weighted by Gasteiger charge is 2.33. The minimum Gasteiger partial charge on any atom is -0.444 e. The number of nitrogens with zero attached hydrogens (tertiary/aromatic N) is 2. The molecule has 1 aliphatic carbocycles. The van der Waals surface area contributed by atoms with Crippen molar-refractivity contribution in [2.75, 3.05) is 26.2 Å². The van der Waals surface area contributed by atoms with Crippen molar-refractivity contribution in [1.29, 1.82) is 0 Å². The lowest BCUT2D eigenvalue weighted by atomic mass is 9.84. The smallest absolute Gasteiger partial charge is 0.410 e. The summed E-state index contributed by atoms with van der Waals surface area (Å²) in [6, 6.07) is 1.87. The molecule has 2 heterocycles. The summed E-state index contributed by atoms with van der Waals surface area (Å²) in [6.07, 6.45) is 1.55. The first-order chi connectivity index (χ1) is 12.2. The van der Waals surface area contributed by atoms with Crippen LogP contribution in [0.2, 0.25) is 0 Å². The van der Waals surface area contributed by atoms with Crippen molar-refractivity contribution < 1.29 is 19.1 Å². The van der Waals surface area contributed by atoms with E-state index in [9.17, 15) is 14.4 Å². The largest absolute Gasteiger partial charge is 0.444 e. The molecule has 1 fully saturated rings. The van der Waals surface area contributed by atoms with Crippen LogP contribution in [-0.4, -0.2) is 59.4 Å². The van der Waals surface area contributed by atoms with Crippen LogP contribution in [0.4, 0.5) is 4.79 Å². The Kier molecular flexibility index (Phi) is 5.37. The zero-order valence-corrected chi connectivity index (χ0v) is 16.4. The van der Waals surface area contributed by atoms with Gasteiger partial charge in [0.1, 0.15) is 5.60 Å². The second-order valence-electron chi connectivity index (χ2n) is 7.91. The quantitative estimate of drug-likeness (QED) is 0.793. The molecule has 142 valence electrons. The summed E-state index contributed by atoms with van der Waals surface area (Å²) in [6.45, 7) is 7.42. The first-order valence-corrected chi connectivity index (χ1v) is 9.99. The number of Topliss-reactive ketones (excluding diaryl/α,β-unsaturated/α-hetero) is 1. The molecule has 1 aliphatic heterocycles. The van der Waals surface area contributed by atoms with Crippen LogP contribution < -0.4 is 0 Å². The molecule has 0 saturated carbocycles. The van der Waals surface area contributed by atoms with E-state index in [0.29, 0.717) is 26.2 Å². The van der Waals surface area contributed by atoms with Crippen molar-refractivity contribution in [3.63, 3.8) is 0 Å². The molecule has 1 aromatic heterocycles. The lowest BCUT2D eigenvalue weighted by Gasteiger charge is -2.36. The average molecular weight is 378 g/mol. The molecular formula is C19H26N2O4S. The zero-order chi connectivity index (χ0) is 18.9. The number of fused-ring (bicyclic) bond motifs is 1. The van der Waals surface area contributed by atoms with Crippen molar-refractivity contribution in [2.24, 2.45) is 5.92 Å². The van der Waals surface area contributed by atoms with Gasteiger partial charge in [0.05, 0.1) is 0 Å². The van der Waals surface area contributed by atoms with E-state index in [1.807, 2.05) is 32.2 Å². The number of rotatable bonds is 2. The maximum Gasteiger partial charge on any atom is 0.410 e. The Morgan fingerprint density at radius 3 is 2.50 bits per heavy atom. The van der Waals surface area contributed by atoms with Crippen LogP contribution in [0.3, 0.4) is 0 Å². The molecule has 6 nitrogen and oxygen atoms in total. The highest BCUT2D eigenvalue weighted by atomic mass is 32.1. The summed E-state index contributed by atoms with van der Waals surface area (Å²) in [5.74, 6) is -0.104. The van der Waals surface area contributed by atoms with Gasteiger partial charge in [-0.05, 0) is 45.1 Å². The third kappa shape index (κ3) is 4.26. The zero-order valence-electron chi connectivity index (χ0n) is 15.6. The number of hydrogen-bond acceptors (Lipinski definition) is 5. The van der Waals surface area contributed by atoms with Crippen molar-refractivity contribution in [3.05, 3.63) is 21.9 Å². The van der Waals surface area contributed by atoms with Crippen molar-refractivity contribution in [3.8, 4) is 0 Å². The van der Waals surface area contributed by atoms with E-state index >= 15 is 0 Å². The predicted molar refractivity (Wildman–Crippen MR) is 99.5 cm³/mol. The fourth-order valence-corrected chi connectivity index (χ4v) is 4.31. The predicted octanol–water partition coefficient (Wildman–Crippen LogP) is 2.96. The topological polar surface area (TPSA) is 66.9 Å². The SMILES string of the molecule is CC(C)(C)OC(=O)N1CCN(C(=O)CC2CCc3sccc3C2=O)CC1. The molecule has 0 bridgehead atoms. The van der Waals surface area contributed by atoms with Crippen LogP contribution in [0.25, 0.3) is 0 Å². The fraction of sp³-hybridized carbons (Fsp3) is 0.632. The van der Waals surface area contributed by atoms with Gasteiger partial charge in [0.2, 0.25) is 5.91 Å². The first kappa shape index (κ1) is 18.9. The van der Waals surface area contributed by atoms with Crippen molar-refractivity contribution >= 4 is 29.1 Å². The highest BCUT2D eigenvalue weighted by molar-refractivity contribution is 7.10. The average Bonchev–Trinajstić information content (AvgIpc) is 3.05. The van der Waals surface area contributed by atoms with E-state index in [-0.39, 0.29) is 30.1 Å². The highest BCUT2D eigenvalue weighted by Crippen LogP contribution is 2.31. The second kappa shape index (κ2) is 7.39. The number of ether oxygens (including phenoxy) is 1. The Bertz CT molecular complexity index is 699. The summed E-state index contributed by atoms with van der Waals surface area (Å²) in [7, 11) is 0. The van der Waals surface area contributed by atoms with Gasteiger partial charge in [-0.1, -0.05) is 0 Å². The molecular weight excluding hydrogens is 352 g/mol. The number of carbonyl (C=O) groups is 3. The lowest BCUT2D eigenvalue weighted by molar-refractivity contribution is -0.133. The van der Waals surface area contributed by atoms with Gasteiger partial charge in [-0.3, -0.25) is 9.59 Å².